The number of thiazole rings is 1. The lowest BCUT2D eigenvalue weighted by Gasteiger charge is -2.37. The van der Waals surface area contributed by atoms with Gasteiger partial charge in [-0.3, -0.25) is 14.8 Å². The number of aliphatic imine (C=N–C) groups is 1. The summed E-state index contributed by atoms with van der Waals surface area (Å²) in [6.45, 7) is 2.06. The highest BCUT2D eigenvalue weighted by Crippen LogP contribution is 2.40. The summed E-state index contributed by atoms with van der Waals surface area (Å²) in [5.41, 5.74) is 13.3. The number of nitrogens with zero attached hydrogens (tertiary/aromatic N) is 4. The first-order valence-electron chi connectivity index (χ1n) is 11.2. The van der Waals surface area contributed by atoms with Gasteiger partial charge >= 0.3 is 0 Å². The van der Waals surface area contributed by atoms with E-state index in [2.05, 4.69) is 32.3 Å². The molecule has 0 aliphatic heterocycles. The molecule has 0 radical (unpaired) electrons. The quantitative estimate of drug-likeness (QED) is 0.325. The van der Waals surface area contributed by atoms with Crippen LogP contribution in [-0.2, 0) is 0 Å². The third-order valence-corrected chi connectivity index (χ3v) is 7.12. The molecule has 3 aromatic rings. The number of nitrogens with two attached hydrogens (primary N) is 2. The fourth-order valence-electron chi connectivity index (χ4n) is 4.61. The number of amides is 1. The second kappa shape index (κ2) is 10.9. The molecule has 2 aromatic heterocycles. The maximum Gasteiger partial charge on any atom is 0.277 e. The van der Waals surface area contributed by atoms with Gasteiger partial charge in [-0.25, -0.2) is 13.8 Å². The molecular formula is C24H25F2N8OS-. The van der Waals surface area contributed by atoms with Crippen molar-refractivity contribution in [3.63, 3.8) is 0 Å². The first kappa shape index (κ1) is 25.3. The Kier molecular flexibility index (Phi) is 7.65. The third-order valence-electron chi connectivity index (χ3n) is 6.22. The molecule has 9 nitrogen and oxygen atoms in total. The standard InChI is InChI=1S/C24H26F2N8OS/c1-12-9-13(10-17(27)20(12)31-7-8-32-29)14-5-6-30-11-18(14)33-23(35)21-22(28)36-24(34-21)19-15(25)3-2-4-16(19)26/h2-8,11-13,17,20H,9-10,27H2,1H3,(H5,28,29,31,33,35)/p-1/t12-,13+,17+,20-/m0/s1. The SMILES string of the molecule is C[C@H]1C[C@@H](c2ccncc2NC(=O)c2nc(-c3c(F)cccc3F)sc2N)C[C@@H](N)[C@H]1N=C/C=N\[NH-]. The topological polar surface area (TPSA) is 155 Å². The van der Waals surface area contributed by atoms with Crippen molar-refractivity contribution in [2.75, 3.05) is 11.1 Å². The predicted molar refractivity (Wildman–Crippen MR) is 138 cm³/mol. The van der Waals surface area contributed by atoms with Gasteiger partial charge < -0.3 is 27.7 Å². The van der Waals surface area contributed by atoms with Crippen LogP contribution in [-0.4, -0.2) is 40.4 Å². The van der Waals surface area contributed by atoms with Crippen LogP contribution in [0.5, 0.6) is 0 Å². The minimum Gasteiger partial charge on any atom is -0.616 e. The van der Waals surface area contributed by atoms with Crippen LogP contribution in [0.15, 0.2) is 46.8 Å². The Balaban J connectivity index is 1.55. The van der Waals surface area contributed by atoms with E-state index in [4.69, 9.17) is 17.3 Å². The molecule has 0 bridgehead atoms. The molecule has 6 N–H and O–H groups in total. The zero-order valence-electron chi connectivity index (χ0n) is 19.4. The highest BCUT2D eigenvalue weighted by atomic mass is 32.1. The Labute approximate surface area is 210 Å². The van der Waals surface area contributed by atoms with Crippen molar-refractivity contribution in [2.24, 2.45) is 21.7 Å². The molecular weight excluding hydrogens is 486 g/mol. The highest BCUT2D eigenvalue weighted by Gasteiger charge is 2.35. The normalized spacial score (nSPS) is 22.3. The number of hydrogen-bond donors (Lipinski definition) is 3. The first-order valence-corrected chi connectivity index (χ1v) is 12.0. The Morgan fingerprint density at radius 3 is 2.69 bits per heavy atom. The van der Waals surface area contributed by atoms with E-state index in [0.717, 1.165) is 35.5 Å². The first-order chi connectivity index (χ1) is 17.3. The number of rotatable bonds is 6. The summed E-state index contributed by atoms with van der Waals surface area (Å²) in [6, 6.07) is 4.99. The van der Waals surface area contributed by atoms with Crippen LogP contribution in [0.3, 0.4) is 0 Å². The van der Waals surface area contributed by atoms with E-state index in [1.807, 2.05) is 6.07 Å². The second-order valence-electron chi connectivity index (χ2n) is 8.62. The number of nitrogen functional groups attached to an aromatic ring is 1. The minimum absolute atomic E-state index is 0.0196. The van der Waals surface area contributed by atoms with Gasteiger partial charge in [0.05, 0.1) is 23.5 Å². The van der Waals surface area contributed by atoms with Crippen molar-refractivity contribution < 1.29 is 13.6 Å². The molecule has 188 valence electrons. The Hall–Kier alpha value is -3.77. The van der Waals surface area contributed by atoms with Gasteiger partial charge in [0.25, 0.3) is 5.91 Å². The Morgan fingerprint density at radius 2 is 2.00 bits per heavy atom. The van der Waals surface area contributed by atoms with Gasteiger partial charge in [-0.1, -0.05) is 24.3 Å². The summed E-state index contributed by atoms with van der Waals surface area (Å²) in [6.07, 6.45) is 7.39. The van der Waals surface area contributed by atoms with Crippen LogP contribution in [0, 0.1) is 17.6 Å². The van der Waals surface area contributed by atoms with E-state index >= 15 is 0 Å². The average Bonchev–Trinajstić information content (AvgIpc) is 3.22. The monoisotopic (exact) mass is 511 g/mol. The maximum atomic E-state index is 14.2. The van der Waals surface area contributed by atoms with Crippen molar-refractivity contribution >= 4 is 40.4 Å². The van der Waals surface area contributed by atoms with Crippen molar-refractivity contribution in [1.82, 2.24) is 9.97 Å². The van der Waals surface area contributed by atoms with Gasteiger partial charge in [-0.15, -0.1) is 0 Å². The van der Waals surface area contributed by atoms with Crippen LogP contribution >= 0.6 is 11.3 Å². The lowest BCUT2D eigenvalue weighted by molar-refractivity contribution is 0.102. The fourth-order valence-corrected chi connectivity index (χ4v) is 5.49. The molecule has 36 heavy (non-hydrogen) atoms. The number of hydrogen-bond acceptors (Lipinski definition) is 8. The summed E-state index contributed by atoms with van der Waals surface area (Å²) >= 11 is 0.835. The summed E-state index contributed by atoms with van der Waals surface area (Å²) in [4.78, 5) is 25.8. The number of carbonyl (C=O) groups excluding carboxylic acids is 1. The number of carbonyl (C=O) groups is 1. The van der Waals surface area contributed by atoms with E-state index in [1.54, 1.807) is 12.4 Å². The Bertz CT molecular complexity index is 1280. The molecule has 4 rings (SSSR count). The van der Waals surface area contributed by atoms with E-state index in [1.165, 1.54) is 18.5 Å². The molecule has 1 aliphatic carbocycles. The summed E-state index contributed by atoms with van der Waals surface area (Å²) in [5.74, 6) is 4.85. The van der Waals surface area contributed by atoms with Gasteiger partial charge in [0.15, 0.2) is 5.69 Å². The van der Waals surface area contributed by atoms with Crippen molar-refractivity contribution in [3.8, 4) is 10.6 Å². The second-order valence-corrected chi connectivity index (χ2v) is 9.65. The van der Waals surface area contributed by atoms with Gasteiger partial charge in [-0.05, 0) is 48.4 Å². The van der Waals surface area contributed by atoms with E-state index < -0.39 is 17.5 Å². The van der Waals surface area contributed by atoms with E-state index in [-0.39, 0.29) is 45.2 Å². The lowest BCUT2D eigenvalue weighted by atomic mass is 9.73. The van der Waals surface area contributed by atoms with Gasteiger partial charge in [-0.2, -0.15) is 0 Å². The summed E-state index contributed by atoms with van der Waals surface area (Å²) in [5, 5.41) is 6.00. The fraction of sp³-hybridized carbons (Fsp3) is 0.292. The van der Waals surface area contributed by atoms with Crippen LogP contribution in [0.25, 0.3) is 16.4 Å². The number of nitrogens with one attached hydrogen (secondary N) is 2. The Morgan fingerprint density at radius 1 is 1.25 bits per heavy atom. The number of pyridine rings is 1. The van der Waals surface area contributed by atoms with Crippen LogP contribution in [0.1, 0.15) is 41.7 Å². The van der Waals surface area contributed by atoms with Crippen molar-refractivity contribution in [3.05, 3.63) is 65.4 Å². The zero-order chi connectivity index (χ0) is 25.8. The summed E-state index contributed by atoms with van der Waals surface area (Å²) < 4.78 is 28.4. The molecule has 1 aliphatic rings. The number of aromatic nitrogens is 2. The van der Waals surface area contributed by atoms with Gasteiger partial charge in [0, 0.05) is 24.7 Å². The van der Waals surface area contributed by atoms with Crippen LogP contribution in [0.2, 0.25) is 0 Å². The molecule has 2 heterocycles. The summed E-state index contributed by atoms with van der Waals surface area (Å²) in [7, 11) is 0. The lowest BCUT2D eigenvalue weighted by Crippen LogP contribution is -2.44. The van der Waals surface area contributed by atoms with Crippen LogP contribution < -0.4 is 16.8 Å². The predicted octanol–water partition coefficient (Wildman–Crippen LogP) is 4.64. The zero-order valence-corrected chi connectivity index (χ0v) is 20.2. The maximum absolute atomic E-state index is 14.2. The van der Waals surface area contributed by atoms with Crippen molar-refractivity contribution in [2.45, 2.75) is 37.8 Å². The third kappa shape index (κ3) is 5.24. The molecule has 0 unspecified atom stereocenters. The van der Waals surface area contributed by atoms with Gasteiger partial charge in [0.1, 0.15) is 21.6 Å². The number of halogens is 2. The smallest absolute Gasteiger partial charge is 0.277 e. The molecule has 12 heteroatoms. The molecule has 4 atom stereocenters. The molecule has 1 fully saturated rings. The number of anilines is 2. The number of benzene rings is 1. The molecule has 1 saturated carbocycles. The van der Waals surface area contributed by atoms with Gasteiger partial charge in [0.2, 0.25) is 0 Å². The minimum atomic E-state index is -0.789. The van der Waals surface area contributed by atoms with E-state index in [0.29, 0.717) is 12.1 Å². The van der Waals surface area contributed by atoms with Crippen molar-refractivity contribution in [1.29, 1.82) is 0 Å². The molecule has 0 spiro atoms. The molecule has 0 saturated heterocycles. The molecule has 1 amide bonds. The average molecular weight is 512 g/mol. The van der Waals surface area contributed by atoms with E-state index in [9.17, 15) is 13.6 Å². The largest absolute Gasteiger partial charge is 0.616 e. The highest BCUT2D eigenvalue weighted by molar-refractivity contribution is 7.19. The van der Waals surface area contributed by atoms with Crippen LogP contribution in [0.4, 0.5) is 19.5 Å². The molecule has 1 aromatic carbocycles.